The van der Waals surface area contributed by atoms with Crippen LogP contribution in [0.1, 0.15) is 44.4 Å². The van der Waals surface area contributed by atoms with E-state index in [2.05, 4.69) is 21.2 Å². The third-order valence-electron chi connectivity index (χ3n) is 5.56. The molecule has 1 N–H and O–H groups in total. The van der Waals surface area contributed by atoms with Crippen LogP contribution in [-0.4, -0.2) is 61.7 Å². The number of carbonyl (C=O) groups is 2. The average Bonchev–Trinajstić information content (AvgIpc) is 2.75. The maximum Gasteiger partial charge on any atom is 0.304 e. The zero-order valence-corrected chi connectivity index (χ0v) is 24.7. The summed E-state index contributed by atoms with van der Waals surface area (Å²) < 4.78 is 29.7. The van der Waals surface area contributed by atoms with Crippen molar-refractivity contribution in [2.75, 3.05) is 24.9 Å². The minimum atomic E-state index is -4.00. The van der Waals surface area contributed by atoms with Crippen molar-refractivity contribution in [2.24, 2.45) is 0 Å². The van der Waals surface area contributed by atoms with Crippen molar-refractivity contribution in [2.45, 2.75) is 59.7 Å². The molecule has 2 aromatic rings. The van der Waals surface area contributed by atoms with E-state index in [-0.39, 0.29) is 12.5 Å². The van der Waals surface area contributed by atoms with E-state index in [1.54, 1.807) is 19.9 Å². The van der Waals surface area contributed by atoms with Gasteiger partial charge in [-0.2, -0.15) is 12.7 Å². The van der Waals surface area contributed by atoms with Crippen molar-refractivity contribution in [3.8, 4) is 0 Å². The number of carbonyl (C=O) groups excluding carboxylic acids is 2. The van der Waals surface area contributed by atoms with Gasteiger partial charge in [0.2, 0.25) is 11.8 Å². The molecular formula is C26H37BrN4O4S. The number of halogens is 1. The van der Waals surface area contributed by atoms with Gasteiger partial charge >= 0.3 is 10.2 Å². The lowest BCUT2D eigenvalue weighted by Crippen LogP contribution is -2.55. The zero-order chi connectivity index (χ0) is 27.4. The van der Waals surface area contributed by atoms with Crippen LogP contribution in [0.2, 0.25) is 0 Å². The number of anilines is 1. The SMILES string of the molecule is Cc1ccc(C)c(N(CC(=O)N(Cc2cccc(Br)c2)[C@H](C)C(=O)NC(C)(C)C)S(=O)(=O)N(C)C)c1. The van der Waals surface area contributed by atoms with Gasteiger partial charge in [0.25, 0.3) is 0 Å². The lowest BCUT2D eigenvalue weighted by molar-refractivity contribution is -0.140. The van der Waals surface area contributed by atoms with Crippen molar-refractivity contribution in [3.63, 3.8) is 0 Å². The van der Waals surface area contributed by atoms with Gasteiger partial charge in [-0.1, -0.05) is 40.2 Å². The Morgan fingerprint density at radius 1 is 1.06 bits per heavy atom. The predicted molar refractivity (Wildman–Crippen MR) is 148 cm³/mol. The molecule has 0 aliphatic carbocycles. The summed E-state index contributed by atoms with van der Waals surface area (Å²) in [4.78, 5) is 28.3. The smallest absolute Gasteiger partial charge is 0.304 e. The first-order valence-corrected chi connectivity index (χ1v) is 13.9. The van der Waals surface area contributed by atoms with E-state index in [0.717, 1.165) is 29.8 Å². The number of hydrogen-bond donors (Lipinski definition) is 1. The second-order valence-corrected chi connectivity index (χ2v) is 13.1. The molecule has 0 aliphatic heterocycles. The van der Waals surface area contributed by atoms with Gasteiger partial charge in [0.1, 0.15) is 12.6 Å². The molecular weight excluding hydrogens is 544 g/mol. The van der Waals surface area contributed by atoms with Gasteiger partial charge in [-0.15, -0.1) is 0 Å². The van der Waals surface area contributed by atoms with E-state index in [0.29, 0.717) is 5.69 Å². The Labute approximate surface area is 224 Å². The molecule has 0 fully saturated rings. The molecule has 0 bridgehead atoms. The molecule has 0 unspecified atom stereocenters. The topological polar surface area (TPSA) is 90.0 Å². The Bertz CT molecular complexity index is 1210. The van der Waals surface area contributed by atoms with Gasteiger partial charge in [0.05, 0.1) is 5.69 Å². The lowest BCUT2D eigenvalue weighted by Gasteiger charge is -2.34. The summed E-state index contributed by atoms with van der Waals surface area (Å²) in [7, 11) is -1.15. The van der Waals surface area contributed by atoms with E-state index >= 15 is 0 Å². The number of nitrogens with one attached hydrogen (secondary N) is 1. The van der Waals surface area contributed by atoms with Crippen molar-refractivity contribution in [3.05, 3.63) is 63.6 Å². The molecule has 0 radical (unpaired) electrons. The normalized spacial score (nSPS) is 12.8. The third kappa shape index (κ3) is 7.78. The molecule has 2 amide bonds. The van der Waals surface area contributed by atoms with Gasteiger partial charge in [0, 0.05) is 30.7 Å². The fourth-order valence-corrected chi connectivity index (χ4v) is 5.14. The molecule has 36 heavy (non-hydrogen) atoms. The Morgan fingerprint density at radius 3 is 2.25 bits per heavy atom. The molecule has 0 heterocycles. The molecule has 0 spiro atoms. The zero-order valence-electron chi connectivity index (χ0n) is 22.3. The maximum atomic E-state index is 13.8. The van der Waals surface area contributed by atoms with Crippen molar-refractivity contribution >= 4 is 43.6 Å². The van der Waals surface area contributed by atoms with Crippen molar-refractivity contribution < 1.29 is 18.0 Å². The number of rotatable bonds is 9. The fraction of sp³-hybridized carbons (Fsp3) is 0.462. The summed E-state index contributed by atoms with van der Waals surface area (Å²) >= 11 is 3.45. The summed E-state index contributed by atoms with van der Waals surface area (Å²) in [6.07, 6.45) is 0. The van der Waals surface area contributed by atoms with Crippen LogP contribution in [0, 0.1) is 13.8 Å². The average molecular weight is 582 g/mol. The summed E-state index contributed by atoms with van der Waals surface area (Å²) in [6.45, 7) is 10.6. The molecule has 0 saturated heterocycles. The maximum absolute atomic E-state index is 13.8. The minimum Gasteiger partial charge on any atom is -0.350 e. The van der Waals surface area contributed by atoms with Crippen LogP contribution in [0.25, 0.3) is 0 Å². The highest BCUT2D eigenvalue weighted by atomic mass is 79.9. The van der Waals surface area contributed by atoms with Gasteiger partial charge < -0.3 is 10.2 Å². The van der Waals surface area contributed by atoms with Gasteiger partial charge in [0.15, 0.2) is 0 Å². The van der Waals surface area contributed by atoms with Crippen LogP contribution < -0.4 is 9.62 Å². The Hall–Kier alpha value is -2.43. The highest BCUT2D eigenvalue weighted by molar-refractivity contribution is 9.10. The van der Waals surface area contributed by atoms with Crippen LogP contribution in [0.5, 0.6) is 0 Å². The number of aryl methyl sites for hydroxylation is 2. The van der Waals surface area contributed by atoms with Crippen LogP contribution in [0.3, 0.4) is 0 Å². The van der Waals surface area contributed by atoms with Crippen LogP contribution >= 0.6 is 15.9 Å². The highest BCUT2D eigenvalue weighted by Gasteiger charge is 2.34. The third-order valence-corrected chi connectivity index (χ3v) is 7.86. The molecule has 0 aromatic heterocycles. The number of amides is 2. The van der Waals surface area contributed by atoms with Crippen molar-refractivity contribution in [1.29, 1.82) is 0 Å². The van der Waals surface area contributed by atoms with Gasteiger partial charge in [-0.3, -0.25) is 9.59 Å². The summed E-state index contributed by atoms with van der Waals surface area (Å²) in [5, 5.41) is 2.92. The standard InChI is InChI=1S/C26H37BrN4O4S/c1-18-12-13-19(2)23(14-18)31(36(34,35)29(7)8)17-24(32)30(16-21-10-9-11-22(27)15-21)20(3)25(33)28-26(4,5)6/h9-15,20H,16-17H2,1-8H3,(H,28,33)/t20-/m1/s1. The molecule has 198 valence electrons. The van der Waals surface area contributed by atoms with Crippen LogP contribution in [0.4, 0.5) is 5.69 Å². The quantitative estimate of drug-likeness (QED) is 0.485. The summed E-state index contributed by atoms with van der Waals surface area (Å²) in [5.74, 6) is -0.808. The molecule has 2 aromatic carbocycles. The summed E-state index contributed by atoms with van der Waals surface area (Å²) in [6, 6.07) is 12.1. The van der Waals surface area contributed by atoms with Crippen molar-refractivity contribution in [1.82, 2.24) is 14.5 Å². The van der Waals surface area contributed by atoms with E-state index in [4.69, 9.17) is 0 Å². The fourth-order valence-electron chi connectivity index (χ4n) is 3.58. The van der Waals surface area contributed by atoms with Crippen LogP contribution in [-0.2, 0) is 26.3 Å². The van der Waals surface area contributed by atoms with Gasteiger partial charge in [-0.25, -0.2) is 4.31 Å². The van der Waals surface area contributed by atoms with Gasteiger partial charge in [-0.05, 0) is 76.4 Å². The van der Waals surface area contributed by atoms with E-state index in [1.165, 1.54) is 19.0 Å². The summed E-state index contributed by atoms with van der Waals surface area (Å²) in [5.41, 5.74) is 2.32. The van der Waals surface area contributed by atoms with Crippen LogP contribution in [0.15, 0.2) is 46.9 Å². The molecule has 1 atom stereocenters. The number of benzene rings is 2. The van der Waals surface area contributed by atoms with E-state index in [1.807, 2.05) is 64.1 Å². The Morgan fingerprint density at radius 2 is 1.69 bits per heavy atom. The Balaban J connectivity index is 2.53. The molecule has 8 nitrogen and oxygen atoms in total. The first kappa shape index (κ1) is 29.8. The van der Waals surface area contributed by atoms with E-state index < -0.39 is 34.2 Å². The number of hydrogen-bond acceptors (Lipinski definition) is 4. The second-order valence-electron chi connectivity index (χ2n) is 10.2. The second kappa shape index (κ2) is 11.7. The number of nitrogens with zero attached hydrogens (tertiary/aromatic N) is 3. The van der Waals surface area contributed by atoms with E-state index in [9.17, 15) is 18.0 Å². The first-order chi connectivity index (χ1) is 16.5. The predicted octanol–water partition coefficient (Wildman–Crippen LogP) is 4.01. The lowest BCUT2D eigenvalue weighted by atomic mass is 10.1. The molecule has 10 heteroatoms. The minimum absolute atomic E-state index is 0.139. The Kier molecular flexibility index (Phi) is 9.72. The molecule has 0 aliphatic rings. The first-order valence-electron chi connectivity index (χ1n) is 11.7. The largest absolute Gasteiger partial charge is 0.350 e. The monoisotopic (exact) mass is 580 g/mol. The molecule has 0 saturated carbocycles. The highest BCUT2D eigenvalue weighted by Crippen LogP contribution is 2.26. The molecule has 2 rings (SSSR count).